The van der Waals surface area contributed by atoms with Crippen LogP contribution in [0.15, 0.2) is 17.4 Å². The molecule has 0 aromatic carbocycles. The van der Waals surface area contributed by atoms with Crippen LogP contribution in [0.2, 0.25) is 0 Å². The van der Waals surface area contributed by atoms with Crippen molar-refractivity contribution in [1.29, 1.82) is 0 Å². The number of rotatable bonds is 0. The first-order valence-corrected chi connectivity index (χ1v) is 1.38. The van der Waals surface area contributed by atoms with Crippen LogP contribution < -0.4 is 5.43 Å². The van der Waals surface area contributed by atoms with Gasteiger partial charge in [-0.3, -0.25) is 0 Å². The Balaban J connectivity index is 0.000000250. The molecule has 1 aliphatic heterocycles. The van der Waals surface area contributed by atoms with Crippen molar-refractivity contribution in [3.05, 3.63) is 12.3 Å². The Labute approximate surface area is 53.3 Å². The van der Waals surface area contributed by atoms with E-state index >= 15 is 0 Å². The lowest BCUT2D eigenvalue weighted by Crippen LogP contribution is -1.69. The molecule has 2 nitrogen and oxygen atoms in total. The van der Waals surface area contributed by atoms with E-state index in [1.165, 1.54) is 0 Å². The first-order valence-electron chi connectivity index (χ1n) is 1.38. The number of halogens is 1. The summed E-state index contributed by atoms with van der Waals surface area (Å²) in [5.74, 6) is 0. The fourth-order valence-corrected chi connectivity index (χ4v) is 0.192. The van der Waals surface area contributed by atoms with E-state index in [0.717, 1.165) is 0 Å². The third-order valence-electron chi connectivity index (χ3n) is 0.372. The van der Waals surface area contributed by atoms with Crippen molar-refractivity contribution in [2.75, 3.05) is 0 Å². The molecule has 0 saturated carbocycles. The molecule has 0 amide bonds. The third kappa shape index (κ3) is 1.40. The van der Waals surface area contributed by atoms with Crippen molar-refractivity contribution >= 4 is 30.2 Å². The van der Waals surface area contributed by atoms with Gasteiger partial charge in [-0.05, 0) is 6.08 Å². The molecule has 0 spiro atoms. The van der Waals surface area contributed by atoms with E-state index in [0.29, 0.717) is 0 Å². The van der Waals surface area contributed by atoms with Gasteiger partial charge in [0.05, 0.1) is 12.4 Å². The lowest BCUT2D eigenvalue weighted by molar-refractivity contribution is 0.977. The van der Waals surface area contributed by atoms with Gasteiger partial charge >= 0.3 is 0 Å². The molecule has 0 atom stereocenters. The van der Waals surface area contributed by atoms with Crippen LogP contribution in [0, 0.1) is 0 Å². The molecular weight excluding hydrogens is 191 g/mol. The molecule has 0 saturated heterocycles. The van der Waals surface area contributed by atoms with E-state index in [2.05, 4.69) is 10.5 Å². The van der Waals surface area contributed by atoms with E-state index in [1.54, 1.807) is 18.5 Å². The molecule has 0 bridgehead atoms. The average molecular weight is 195 g/mol. The van der Waals surface area contributed by atoms with Crippen LogP contribution >= 0.6 is 24.0 Å². The molecule has 0 N–H and O–H groups in total. The zero-order valence-corrected chi connectivity index (χ0v) is 5.37. The molecule has 3 heteroatoms. The monoisotopic (exact) mass is 195 g/mol. The van der Waals surface area contributed by atoms with Gasteiger partial charge < -0.3 is 0 Å². The van der Waals surface area contributed by atoms with Crippen molar-refractivity contribution in [3.8, 4) is 0 Å². The zero-order valence-electron chi connectivity index (χ0n) is 3.03. The standard InChI is InChI=1S/C3H3N2.HI/c1-2-4-5-3-1;/h1-3H;1H. The topological polar surface area (TPSA) is 26.5 Å². The highest BCUT2D eigenvalue weighted by atomic mass is 127. The van der Waals surface area contributed by atoms with Gasteiger partial charge in [-0.15, -0.1) is 24.0 Å². The summed E-state index contributed by atoms with van der Waals surface area (Å²) in [6.45, 7) is 0. The number of allylic oxidation sites excluding steroid dienone is 1. The summed E-state index contributed by atoms with van der Waals surface area (Å²) in [6.07, 6.45) is 5.06. The molecule has 0 fully saturated rings. The van der Waals surface area contributed by atoms with Gasteiger partial charge in [0, 0.05) is 0 Å². The summed E-state index contributed by atoms with van der Waals surface area (Å²) in [4.78, 5) is 0. The van der Waals surface area contributed by atoms with Crippen molar-refractivity contribution in [1.82, 2.24) is 5.43 Å². The lowest BCUT2D eigenvalue weighted by Gasteiger charge is -1.62. The van der Waals surface area contributed by atoms with E-state index < -0.39 is 0 Å². The molecule has 0 aromatic rings. The van der Waals surface area contributed by atoms with Crippen LogP contribution in [0.1, 0.15) is 0 Å². The van der Waals surface area contributed by atoms with Crippen LogP contribution in [0.25, 0.3) is 0 Å². The first-order chi connectivity index (χ1) is 2.50. The minimum absolute atomic E-state index is 0. The summed E-state index contributed by atoms with van der Waals surface area (Å²) in [5, 5.41) is 3.47. The Morgan fingerprint density at radius 1 is 1.33 bits per heavy atom. The van der Waals surface area contributed by atoms with Gasteiger partial charge in [0.25, 0.3) is 0 Å². The summed E-state index contributed by atoms with van der Waals surface area (Å²) in [6, 6.07) is 0. The Morgan fingerprint density at radius 3 is 2.33 bits per heavy atom. The van der Waals surface area contributed by atoms with Crippen molar-refractivity contribution in [3.63, 3.8) is 0 Å². The number of hydrogen-bond acceptors (Lipinski definition) is 1. The zero-order chi connectivity index (χ0) is 3.54. The summed E-state index contributed by atoms with van der Waals surface area (Å²) < 4.78 is 0. The molecule has 1 heterocycles. The maximum absolute atomic E-state index is 3.47. The maximum atomic E-state index is 3.47. The minimum atomic E-state index is 0. The third-order valence-corrected chi connectivity index (χ3v) is 0.372. The molecule has 0 unspecified atom stereocenters. The van der Waals surface area contributed by atoms with Crippen molar-refractivity contribution in [2.45, 2.75) is 0 Å². The van der Waals surface area contributed by atoms with Crippen LogP contribution in [-0.2, 0) is 0 Å². The Hall–Kier alpha value is -0.0600. The second-order valence-corrected chi connectivity index (χ2v) is 0.722. The lowest BCUT2D eigenvalue weighted by atomic mass is 10.7. The molecular formula is C3H4IN2. The Kier molecular flexibility index (Phi) is 3.11. The first kappa shape index (κ1) is 5.94. The van der Waals surface area contributed by atoms with Gasteiger partial charge in [0.1, 0.15) is 0 Å². The number of hydrogen-bond donors (Lipinski definition) is 0. The largest absolute Gasteiger partial charge is 0.159 e. The van der Waals surface area contributed by atoms with Crippen LogP contribution in [0.3, 0.4) is 0 Å². The quantitative estimate of drug-likeness (QED) is 0.509. The summed E-state index contributed by atoms with van der Waals surface area (Å²) >= 11 is 0. The van der Waals surface area contributed by atoms with Gasteiger partial charge in [0.15, 0.2) is 0 Å². The van der Waals surface area contributed by atoms with Gasteiger partial charge in [-0.25, -0.2) is 0 Å². The number of nitrogens with zero attached hydrogens (tertiary/aromatic N) is 2. The highest BCUT2D eigenvalue weighted by Gasteiger charge is 1.72. The predicted octanol–water partition coefficient (Wildman–Crippen LogP) is 0.722. The second-order valence-electron chi connectivity index (χ2n) is 0.722. The van der Waals surface area contributed by atoms with E-state index in [4.69, 9.17) is 0 Å². The molecule has 33 valence electrons. The van der Waals surface area contributed by atoms with Gasteiger partial charge in [-0.1, -0.05) is 0 Å². The van der Waals surface area contributed by atoms with Gasteiger partial charge in [-0.2, -0.15) is 10.5 Å². The van der Waals surface area contributed by atoms with Crippen LogP contribution in [-0.4, -0.2) is 6.21 Å². The fraction of sp³-hybridized carbons (Fsp3) is 0. The van der Waals surface area contributed by atoms with Gasteiger partial charge in [0.2, 0.25) is 0 Å². The highest BCUT2D eigenvalue weighted by Crippen LogP contribution is 1.73. The van der Waals surface area contributed by atoms with E-state index in [9.17, 15) is 0 Å². The highest BCUT2D eigenvalue weighted by molar-refractivity contribution is 14.0. The Morgan fingerprint density at radius 2 is 2.17 bits per heavy atom. The fourth-order valence-electron chi connectivity index (χ4n) is 0.192. The molecule has 1 radical (unpaired) electrons. The van der Waals surface area contributed by atoms with Crippen LogP contribution in [0.4, 0.5) is 0 Å². The normalized spacial score (nSPS) is 13.3. The van der Waals surface area contributed by atoms with Crippen LogP contribution in [0.5, 0.6) is 0 Å². The van der Waals surface area contributed by atoms with E-state index in [1.807, 2.05) is 0 Å². The average Bonchev–Trinajstić information content (AvgIpc) is 1.76. The maximum Gasteiger partial charge on any atom is 0.0511 e. The smallest absolute Gasteiger partial charge is 0.0511 e. The molecule has 0 aromatic heterocycles. The molecule has 6 heavy (non-hydrogen) atoms. The molecule has 1 aliphatic rings. The minimum Gasteiger partial charge on any atom is -0.159 e. The van der Waals surface area contributed by atoms with Crippen molar-refractivity contribution in [2.24, 2.45) is 5.10 Å². The SMILES string of the molecule is C1=C[N]N=C1.I. The van der Waals surface area contributed by atoms with Crippen molar-refractivity contribution < 1.29 is 0 Å². The molecule has 0 aliphatic carbocycles. The Bertz CT molecular complexity index is 66.9. The summed E-state index contributed by atoms with van der Waals surface area (Å²) in [7, 11) is 0. The molecule has 1 rings (SSSR count). The second kappa shape index (κ2) is 3.14. The summed E-state index contributed by atoms with van der Waals surface area (Å²) in [5.41, 5.74) is 3.47. The van der Waals surface area contributed by atoms with E-state index in [-0.39, 0.29) is 24.0 Å². The predicted molar refractivity (Wildman–Crippen MR) is 35.2 cm³/mol.